The number of ether oxygens (including phenoxy) is 1. The van der Waals surface area contributed by atoms with E-state index in [1.54, 1.807) is 6.20 Å². The molecule has 1 unspecified atom stereocenters. The zero-order valence-electron chi connectivity index (χ0n) is 17.1. The van der Waals surface area contributed by atoms with Gasteiger partial charge in [-0.05, 0) is 61.9 Å². The fourth-order valence-corrected chi connectivity index (χ4v) is 3.26. The number of aliphatic hydroxyl groups excluding tert-OH is 1. The van der Waals surface area contributed by atoms with Gasteiger partial charge in [-0.25, -0.2) is 4.98 Å². The van der Waals surface area contributed by atoms with E-state index >= 15 is 0 Å². The fourth-order valence-electron chi connectivity index (χ4n) is 3.26. The predicted octanol–water partition coefficient (Wildman–Crippen LogP) is 3.47. The van der Waals surface area contributed by atoms with Gasteiger partial charge in [0.15, 0.2) is 0 Å². The van der Waals surface area contributed by atoms with Crippen molar-refractivity contribution in [1.82, 2.24) is 19.4 Å². The molecule has 2 N–H and O–H groups in total. The summed E-state index contributed by atoms with van der Waals surface area (Å²) in [5.74, 6) is 2.01. The van der Waals surface area contributed by atoms with Crippen LogP contribution in [0.2, 0.25) is 0 Å². The average molecular weight is 403 g/mol. The minimum absolute atomic E-state index is 0.251. The van der Waals surface area contributed by atoms with Gasteiger partial charge < -0.3 is 24.6 Å². The Balaban J connectivity index is 1.43. The third-order valence-corrected chi connectivity index (χ3v) is 4.62. The van der Waals surface area contributed by atoms with Crippen molar-refractivity contribution in [3.8, 4) is 11.6 Å². The molecule has 0 aliphatic rings. The Hall–Kier alpha value is -3.42. The minimum atomic E-state index is -0.529. The molecule has 0 aliphatic heterocycles. The van der Waals surface area contributed by atoms with E-state index in [0.717, 1.165) is 22.4 Å². The van der Waals surface area contributed by atoms with Gasteiger partial charge in [0.25, 0.3) is 0 Å². The first-order valence-corrected chi connectivity index (χ1v) is 9.81. The van der Waals surface area contributed by atoms with Gasteiger partial charge >= 0.3 is 0 Å². The van der Waals surface area contributed by atoms with Crippen LogP contribution in [-0.2, 0) is 0 Å². The first-order valence-electron chi connectivity index (χ1n) is 9.81. The third-order valence-electron chi connectivity index (χ3n) is 4.62. The van der Waals surface area contributed by atoms with Crippen LogP contribution in [0.25, 0.3) is 16.7 Å². The maximum atomic E-state index is 9.90. The number of aliphatic hydroxyl groups is 1. The Labute approximate surface area is 175 Å². The molecule has 0 radical (unpaired) electrons. The Kier molecular flexibility index (Phi) is 5.92. The first-order chi connectivity index (χ1) is 14.6. The Morgan fingerprint density at radius 1 is 1.07 bits per heavy atom. The zero-order chi connectivity index (χ0) is 20.9. The summed E-state index contributed by atoms with van der Waals surface area (Å²) in [7, 11) is 3.83. The molecule has 4 aromatic rings. The van der Waals surface area contributed by atoms with Crippen molar-refractivity contribution in [2.24, 2.45) is 0 Å². The van der Waals surface area contributed by atoms with E-state index in [-0.39, 0.29) is 6.61 Å². The van der Waals surface area contributed by atoms with Crippen LogP contribution < -0.4 is 10.1 Å². The number of fused-ring (bicyclic) bond motifs is 1. The van der Waals surface area contributed by atoms with E-state index in [1.807, 2.05) is 72.2 Å². The highest BCUT2D eigenvalue weighted by molar-refractivity contribution is 5.81. The second-order valence-electron chi connectivity index (χ2n) is 7.36. The lowest BCUT2D eigenvalue weighted by Crippen LogP contribution is -2.30. The van der Waals surface area contributed by atoms with Gasteiger partial charge in [0, 0.05) is 24.6 Å². The molecule has 0 spiro atoms. The zero-order valence-corrected chi connectivity index (χ0v) is 17.1. The van der Waals surface area contributed by atoms with Crippen molar-refractivity contribution in [2.75, 3.05) is 32.6 Å². The molecule has 2 aromatic carbocycles. The van der Waals surface area contributed by atoms with Crippen LogP contribution in [-0.4, -0.2) is 57.9 Å². The highest BCUT2D eigenvalue weighted by Gasteiger charge is 2.08. The molecule has 0 fully saturated rings. The molecule has 0 saturated heterocycles. The average Bonchev–Trinajstić information content (AvgIpc) is 3.17. The Morgan fingerprint density at radius 3 is 2.67 bits per heavy atom. The lowest BCUT2D eigenvalue weighted by Gasteiger charge is -2.16. The first kappa shape index (κ1) is 19.9. The summed E-state index contributed by atoms with van der Waals surface area (Å²) in [4.78, 5) is 10.9. The topological polar surface area (TPSA) is 75.4 Å². The molecule has 7 heteroatoms. The smallest absolute Gasteiger partial charge is 0.229 e. The summed E-state index contributed by atoms with van der Waals surface area (Å²) in [5, 5.41) is 14.3. The fraction of sp³-hybridized carbons (Fsp3) is 0.217. The minimum Gasteiger partial charge on any atom is -0.491 e. The number of anilines is 2. The SMILES string of the molecule is CN(C)CC(O)COc1ccc(Nc2nccc(-n3ccc4ccccc43)n2)cc1. The maximum absolute atomic E-state index is 9.90. The van der Waals surface area contributed by atoms with Crippen LogP contribution in [0.5, 0.6) is 5.75 Å². The van der Waals surface area contributed by atoms with Gasteiger partial charge in [0.2, 0.25) is 5.95 Å². The molecule has 0 saturated carbocycles. The molecule has 2 aromatic heterocycles. The number of nitrogens with one attached hydrogen (secondary N) is 1. The molecule has 0 bridgehead atoms. The van der Waals surface area contributed by atoms with E-state index < -0.39 is 6.10 Å². The van der Waals surface area contributed by atoms with Crippen molar-refractivity contribution >= 4 is 22.5 Å². The number of benzene rings is 2. The van der Waals surface area contributed by atoms with E-state index in [4.69, 9.17) is 4.74 Å². The number of nitrogens with zero attached hydrogens (tertiary/aromatic N) is 4. The van der Waals surface area contributed by atoms with Crippen LogP contribution in [0.1, 0.15) is 0 Å². The summed E-state index contributed by atoms with van der Waals surface area (Å²) in [5.41, 5.74) is 1.95. The molecule has 154 valence electrons. The summed E-state index contributed by atoms with van der Waals surface area (Å²) in [6.45, 7) is 0.810. The summed E-state index contributed by atoms with van der Waals surface area (Å²) in [6, 6.07) is 19.6. The number of para-hydroxylation sites is 1. The quantitative estimate of drug-likeness (QED) is 0.469. The lowest BCUT2D eigenvalue weighted by atomic mass is 10.2. The summed E-state index contributed by atoms with van der Waals surface area (Å²) in [6.07, 6.45) is 3.22. The van der Waals surface area contributed by atoms with Gasteiger partial charge in [-0.2, -0.15) is 4.98 Å². The normalized spacial score (nSPS) is 12.3. The maximum Gasteiger partial charge on any atom is 0.229 e. The van der Waals surface area contributed by atoms with Crippen molar-refractivity contribution in [3.05, 3.63) is 73.1 Å². The molecular weight excluding hydrogens is 378 g/mol. The van der Waals surface area contributed by atoms with Gasteiger partial charge in [-0.3, -0.25) is 0 Å². The lowest BCUT2D eigenvalue weighted by molar-refractivity contribution is 0.0831. The van der Waals surface area contributed by atoms with Gasteiger partial charge in [0.05, 0.1) is 5.52 Å². The molecule has 0 aliphatic carbocycles. The van der Waals surface area contributed by atoms with E-state index in [9.17, 15) is 5.11 Å². The number of hydrogen-bond donors (Lipinski definition) is 2. The Morgan fingerprint density at radius 2 is 1.87 bits per heavy atom. The molecule has 2 heterocycles. The van der Waals surface area contributed by atoms with Crippen LogP contribution in [0.4, 0.5) is 11.6 Å². The van der Waals surface area contributed by atoms with Crippen molar-refractivity contribution < 1.29 is 9.84 Å². The molecule has 30 heavy (non-hydrogen) atoms. The van der Waals surface area contributed by atoms with E-state index in [0.29, 0.717) is 18.2 Å². The highest BCUT2D eigenvalue weighted by atomic mass is 16.5. The Bertz CT molecular complexity index is 1110. The second kappa shape index (κ2) is 8.94. The van der Waals surface area contributed by atoms with Gasteiger partial charge in [0.1, 0.15) is 24.3 Å². The van der Waals surface area contributed by atoms with Crippen molar-refractivity contribution in [1.29, 1.82) is 0 Å². The number of rotatable bonds is 8. The number of likely N-dealkylation sites (N-methyl/N-ethyl adjacent to an activating group) is 1. The largest absolute Gasteiger partial charge is 0.491 e. The molecular formula is C23H25N5O2. The molecule has 1 atom stereocenters. The summed E-state index contributed by atoms with van der Waals surface area (Å²) < 4.78 is 7.68. The monoisotopic (exact) mass is 403 g/mol. The second-order valence-corrected chi connectivity index (χ2v) is 7.36. The van der Waals surface area contributed by atoms with Gasteiger partial charge in [-0.1, -0.05) is 18.2 Å². The van der Waals surface area contributed by atoms with Gasteiger partial charge in [-0.15, -0.1) is 0 Å². The van der Waals surface area contributed by atoms with Crippen molar-refractivity contribution in [3.63, 3.8) is 0 Å². The number of aromatic nitrogens is 3. The number of hydrogen-bond acceptors (Lipinski definition) is 6. The third kappa shape index (κ3) is 4.76. The highest BCUT2D eigenvalue weighted by Crippen LogP contribution is 2.21. The van der Waals surface area contributed by atoms with Crippen LogP contribution >= 0.6 is 0 Å². The summed E-state index contributed by atoms with van der Waals surface area (Å²) >= 11 is 0. The predicted molar refractivity (Wildman–Crippen MR) is 119 cm³/mol. The van der Waals surface area contributed by atoms with Crippen LogP contribution in [0.15, 0.2) is 73.1 Å². The molecule has 4 rings (SSSR count). The van der Waals surface area contributed by atoms with Crippen LogP contribution in [0.3, 0.4) is 0 Å². The van der Waals surface area contributed by atoms with E-state index in [1.165, 1.54) is 0 Å². The van der Waals surface area contributed by atoms with Crippen LogP contribution in [0, 0.1) is 0 Å². The molecule has 0 amide bonds. The standard InChI is InChI=1S/C23H25N5O2/c1-27(2)15-19(29)16-30-20-9-7-18(8-10-20)25-23-24-13-11-22(26-23)28-14-12-17-5-3-4-6-21(17)28/h3-14,19,29H,15-16H2,1-2H3,(H,24,25,26). The molecule has 7 nitrogen and oxygen atoms in total. The van der Waals surface area contributed by atoms with E-state index in [2.05, 4.69) is 33.5 Å². The van der Waals surface area contributed by atoms with Crippen molar-refractivity contribution in [2.45, 2.75) is 6.10 Å².